The van der Waals surface area contributed by atoms with Gasteiger partial charge in [0.05, 0.1) is 6.20 Å². The van der Waals surface area contributed by atoms with Crippen molar-refractivity contribution in [2.45, 2.75) is 45.3 Å². The molecular weight excluding hydrogens is 324 g/mol. The lowest BCUT2D eigenvalue weighted by Crippen LogP contribution is -2.53. The van der Waals surface area contributed by atoms with Crippen LogP contribution in [0.15, 0.2) is 42.7 Å². The van der Waals surface area contributed by atoms with Crippen molar-refractivity contribution in [3.63, 3.8) is 0 Å². The van der Waals surface area contributed by atoms with Crippen LogP contribution in [0.3, 0.4) is 0 Å². The fraction of sp³-hybridized carbons (Fsp3) is 0.571. The molecule has 5 nitrogen and oxygen atoms in total. The van der Waals surface area contributed by atoms with Gasteiger partial charge in [-0.15, -0.1) is 0 Å². The van der Waals surface area contributed by atoms with Crippen molar-refractivity contribution in [2.75, 3.05) is 32.8 Å². The Morgan fingerprint density at radius 2 is 2.00 bits per heavy atom. The third kappa shape index (κ3) is 5.40. The first-order valence-corrected chi connectivity index (χ1v) is 9.91. The van der Waals surface area contributed by atoms with Crippen molar-refractivity contribution < 1.29 is 5.11 Å². The van der Waals surface area contributed by atoms with Gasteiger partial charge in [-0.25, -0.2) is 0 Å². The first kappa shape index (κ1) is 19.1. The van der Waals surface area contributed by atoms with Gasteiger partial charge < -0.3 is 5.11 Å². The molecule has 1 aliphatic heterocycles. The summed E-state index contributed by atoms with van der Waals surface area (Å²) in [6.07, 6.45) is 7.29. The average molecular weight is 357 g/mol. The molecule has 0 saturated carbocycles. The molecule has 5 heteroatoms. The predicted molar refractivity (Wildman–Crippen MR) is 105 cm³/mol. The first-order valence-electron chi connectivity index (χ1n) is 9.91. The topological polar surface area (TPSA) is 44.5 Å². The largest absolute Gasteiger partial charge is 0.396 e. The van der Waals surface area contributed by atoms with E-state index in [4.69, 9.17) is 0 Å². The molecule has 1 aromatic carbocycles. The van der Waals surface area contributed by atoms with Crippen LogP contribution in [0.1, 0.15) is 30.9 Å². The molecule has 142 valence electrons. The Bertz CT molecular complexity index is 642. The average Bonchev–Trinajstić information content (AvgIpc) is 3.12. The quantitative estimate of drug-likeness (QED) is 0.749. The fourth-order valence-corrected chi connectivity index (χ4v) is 3.87. The van der Waals surface area contributed by atoms with Crippen LogP contribution in [0.25, 0.3) is 0 Å². The minimum Gasteiger partial charge on any atom is -0.396 e. The van der Waals surface area contributed by atoms with E-state index in [1.54, 1.807) is 0 Å². The summed E-state index contributed by atoms with van der Waals surface area (Å²) in [7, 11) is 0. The molecule has 0 spiro atoms. The predicted octanol–water partition coefficient (Wildman–Crippen LogP) is 2.40. The second-order valence-corrected chi connectivity index (χ2v) is 7.23. The third-order valence-corrected chi connectivity index (χ3v) is 5.32. The van der Waals surface area contributed by atoms with Gasteiger partial charge >= 0.3 is 0 Å². The number of benzene rings is 1. The van der Waals surface area contributed by atoms with Gasteiger partial charge in [-0.3, -0.25) is 14.5 Å². The van der Waals surface area contributed by atoms with E-state index < -0.39 is 0 Å². The molecular formula is C21H32N4O. The molecule has 26 heavy (non-hydrogen) atoms. The first-order chi connectivity index (χ1) is 12.8. The van der Waals surface area contributed by atoms with Gasteiger partial charge in [0, 0.05) is 57.1 Å². The Hall–Kier alpha value is -1.69. The van der Waals surface area contributed by atoms with Crippen LogP contribution >= 0.6 is 0 Å². The summed E-state index contributed by atoms with van der Waals surface area (Å²) < 4.78 is 1.99. The summed E-state index contributed by atoms with van der Waals surface area (Å²) in [5.41, 5.74) is 2.70. The Morgan fingerprint density at radius 1 is 1.15 bits per heavy atom. The van der Waals surface area contributed by atoms with E-state index in [9.17, 15) is 5.11 Å². The maximum absolute atomic E-state index is 9.49. The summed E-state index contributed by atoms with van der Waals surface area (Å²) in [4.78, 5) is 5.08. The molecule has 2 aromatic rings. The second-order valence-electron chi connectivity index (χ2n) is 7.23. The molecule has 0 bridgehead atoms. The number of nitrogens with zero attached hydrogens (tertiary/aromatic N) is 4. The maximum atomic E-state index is 9.49. The molecule has 0 amide bonds. The van der Waals surface area contributed by atoms with Gasteiger partial charge in [0.2, 0.25) is 0 Å². The molecule has 3 rings (SSSR count). The van der Waals surface area contributed by atoms with E-state index in [2.05, 4.69) is 58.4 Å². The Labute approximate surface area is 157 Å². The lowest BCUT2D eigenvalue weighted by molar-refractivity contribution is 0.0547. The Kier molecular flexibility index (Phi) is 7.23. The number of hydrogen-bond donors (Lipinski definition) is 1. The Balaban J connectivity index is 1.49. The van der Waals surface area contributed by atoms with Gasteiger partial charge in [-0.05, 0) is 38.3 Å². The van der Waals surface area contributed by atoms with Crippen LogP contribution in [0.2, 0.25) is 0 Å². The van der Waals surface area contributed by atoms with Crippen LogP contribution in [0.4, 0.5) is 0 Å². The molecule has 1 fully saturated rings. The molecule has 1 atom stereocenters. The third-order valence-electron chi connectivity index (χ3n) is 5.32. The van der Waals surface area contributed by atoms with E-state index in [0.717, 1.165) is 52.1 Å². The second kappa shape index (κ2) is 9.86. The van der Waals surface area contributed by atoms with Gasteiger partial charge in [0.1, 0.15) is 0 Å². The Morgan fingerprint density at radius 3 is 2.73 bits per heavy atom. The number of piperazine rings is 1. The van der Waals surface area contributed by atoms with Crippen molar-refractivity contribution in [2.24, 2.45) is 0 Å². The molecule has 1 unspecified atom stereocenters. The van der Waals surface area contributed by atoms with E-state index in [-0.39, 0.29) is 6.61 Å². The number of aryl methyl sites for hydroxylation is 2. The normalized spacial score (nSPS) is 19.1. The van der Waals surface area contributed by atoms with Crippen LogP contribution in [0.5, 0.6) is 0 Å². The van der Waals surface area contributed by atoms with Gasteiger partial charge in [-0.2, -0.15) is 5.10 Å². The minimum atomic E-state index is 0.265. The molecule has 1 aromatic heterocycles. The highest BCUT2D eigenvalue weighted by Gasteiger charge is 2.26. The zero-order chi connectivity index (χ0) is 18.2. The lowest BCUT2D eigenvalue weighted by atomic mass is 10.1. The number of aliphatic hydroxyl groups excluding tert-OH is 1. The van der Waals surface area contributed by atoms with Gasteiger partial charge in [-0.1, -0.05) is 30.3 Å². The lowest BCUT2D eigenvalue weighted by Gasteiger charge is -2.41. The fourth-order valence-electron chi connectivity index (χ4n) is 3.87. The maximum Gasteiger partial charge on any atom is 0.0534 e. The van der Waals surface area contributed by atoms with Crippen molar-refractivity contribution in [3.05, 3.63) is 53.9 Å². The molecule has 1 saturated heterocycles. The minimum absolute atomic E-state index is 0.265. The SMILES string of the molecule is CCn1cc(CN2CCN(CCCc3ccccc3)C(CCO)C2)cn1. The number of hydrogen-bond acceptors (Lipinski definition) is 4. The van der Waals surface area contributed by atoms with Crippen LogP contribution in [0, 0.1) is 0 Å². The standard InChI is InChI=1S/C21H32N4O/c1-2-25-17-20(15-22-25)16-23-12-13-24(21(18-23)10-14-26)11-6-9-19-7-4-3-5-8-19/h3-5,7-8,15,17,21,26H,2,6,9-14,16,18H2,1H3. The highest BCUT2D eigenvalue weighted by Crippen LogP contribution is 2.16. The number of aromatic nitrogens is 2. The van der Waals surface area contributed by atoms with E-state index >= 15 is 0 Å². The van der Waals surface area contributed by atoms with E-state index in [1.165, 1.54) is 17.5 Å². The molecule has 0 aliphatic carbocycles. The van der Waals surface area contributed by atoms with Crippen molar-refractivity contribution in [1.82, 2.24) is 19.6 Å². The summed E-state index contributed by atoms with van der Waals surface area (Å²) in [5.74, 6) is 0. The van der Waals surface area contributed by atoms with Gasteiger partial charge in [0.15, 0.2) is 0 Å². The highest BCUT2D eigenvalue weighted by molar-refractivity contribution is 5.14. The zero-order valence-electron chi connectivity index (χ0n) is 15.9. The van der Waals surface area contributed by atoms with Crippen molar-refractivity contribution in [1.29, 1.82) is 0 Å². The molecule has 2 heterocycles. The van der Waals surface area contributed by atoms with Gasteiger partial charge in [0.25, 0.3) is 0 Å². The van der Waals surface area contributed by atoms with E-state index in [0.29, 0.717) is 6.04 Å². The number of rotatable bonds is 9. The molecule has 1 N–H and O–H groups in total. The number of aliphatic hydroxyl groups is 1. The van der Waals surface area contributed by atoms with E-state index in [1.807, 2.05) is 10.9 Å². The summed E-state index contributed by atoms with van der Waals surface area (Å²) in [6, 6.07) is 11.2. The molecule has 1 aliphatic rings. The summed E-state index contributed by atoms with van der Waals surface area (Å²) >= 11 is 0. The summed E-state index contributed by atoms with van der Waals surface area (Å²) in [6.45, 7) is 8.57. The monoisotopic (exact) mass is 356 g/mol. The van der Waals surface area contributed by atoms with Crippen LogP contribution < -0.4 is 0 Å². The van der Waals surface area contributed by atoms with Crippen molar-refractivity contribution >= 4 is 0 Å². The van der Waals surface area contributed by atoms with Crippen LogP contribution in [-0.4, -0.2) is 63.5 Å². The molecule has 0 radical (unpaired) electrons. The van der Waals surface area contributed by atoms with Crippen LogP contribution in [-0.2, 0) is 19.5 Å². The highest BCUT2D eigenvalue weighted by atomic mass is 16.3. The smallest absolute Gasteiger partial charge is 0.0534 e. The summed E-state index contributed by atoms with van der Waals surface area (Å²) in [5, 5.41) is 13.9. The van der Waals surface area contributed by atoms with Crippen molar-refractivity contribution in [3.8, 4) is 0 Å². The zero-order valence-corrected chi connectivity index (χ0v) is 15.9.